The highest BCUT2D eigenvalue weighted by Crippen LogP contribution is 2.46. The molecule has 0 unspecified atom stereocenters. The molecule has 2 atom stereocenters. The summed E-state index contributed by atoms with van der Waals surface area (Å²) in [7, 11) is 3.20. The summed E-state index contributed by atoms with van der Waals surface area (Å²) in [5, 5.41) is 9.86. The van der Waals surface area contributed by atoms with E-state index < -0.39 is 18.2 Å². The summed E-state index contributed by atoms with van der Waals surface area (Å²) >= 11 is 6.46. The maximum atomic E-state index is 13.1. The van der Waals surface area contributed by atoms with Crippen LogP contribution in [0.3, 0.4) is 0 Å². The molecule has 1 N–H and O–H groups in total. The van der Waals surface area contributed by atoms with Crippen LogP contribution in [0.2, 0.25) is 5.02 Å². The third-order valence-electron chi connectivity index (χ3n) is 7.48. The summed E-state index contributed by atoms with van der Waals surface area (Å²) in [4.78, 5) is 26.2. The normalized spacial score (nSPS) is 19.3. The van der Waals surface area contributed by atoms with E-state index >= 15 is 0 Å². The van der Waals surface area contributed by atoms with Crippen molar-refractivity contribution < 1.29 is 28.9 Å². The monoisotopic (exact) mass is 538 g/mol. The SMILES string of the molecule is COc1cccc([C@H]2O[C@H](CCC(=O)N3CCC(C(=O)O)CC3)c3cccn3-c3ccc(Cl)cc32)c1OC. The van der Waals surface area contributed by atoms with Gasteiger partial charge in [0.05, 0.1) is 37.6 Å². The van der Waals surface area contributed by atoms with Crippen molar-refractivity contribution in [2.45, 2.75) is 37.9 Å². The molecule has 1 fully saturated rings. The zero-order valence-electron chi connectivity index (χ0n) is 21.4. The number of fused-ring (bicyclic) bond motifs is 3. The first kappa shape index (κ1) is 26.1. The molecule has 0 saturated carbocycles. The molecule has 1 saturated heterocycles. The third kappa shape index (κ3) is 4.98. The first-order chi connectivity index (χ1) is 18.4. The average Bonchev–Trinajstić information content (AvgIpc) is 3.38. The molecular weight excluding hydrogens is 508 g/mol. The predicted octanol–water partition coefficient (Wildman–Crippen LogP) is 5.41. The molecule has 2 aromatic carbocycles. The highest BCUT2D eigenvalue weighted by atomic mass is 35.5. The first-order valence-electron chi connectivity index (χ1n) is 12.7. The quantitative estimate of drug-likeness (QED) is 0.432. The Bertz CT molecular complexity index is 1330. The van der Waals surface area contributed by atoms with Crippen LogP contribution in [0, 0.1) is 5.92 Å². The number of piperidine rings is 1. The van der Waals surface area contributed by atoms with Gasteiger partial charge in [-0.25, -0.2) is 0 Å². The fraction of sp³-hybridized carbons (Fsp3) is 0.379. The molecule has 5 rings (SSSR count). The van der Waals surface area contributed by atoms with Crippen LogP contribution in [-0.4, -0.2) is 53.8 Å². The van der Waals surface area contributed by atoms with Crippen LogP contribution in [0.25, 0.3) is 5.69 Å². The lowest BCUT2D eigenvalue weighted by molar-refractivity contribution is -0.145. The number of methoxy groups -OCH3 is 2. The molecule has 38 heavy (non-hydrogen) atoms. The van der Waals surface area contributed by atoms with Gasteiger partial charge in [0, 0.05) is 41.9 Å². The van der Waals surface area contributed by atoms with E-state index in [9.17, 15) is 14.7 Å². The number of hydrogen-bond acceptors (Lipinski definition) is 5. The molecule has 0 bridgehead atoms. The number of likely N-dealkylation sites (tertiary alicyclic amines) is 1. The van der Waals surface area contributed by atoms with Crippen molar-refractivity contribution in [2.24, 2.45) is 5.92 Å². The number of para-hydroxylation sites is 1. The minimum Gasteiger partial charge on any atom is -0.493 e. The van der Waals surface area contributed by atoms with Crippen LogP contribution < -0.4 is 9.47 Å². The van der Waals surface area contributed by atoms with Crippen LogP contribution in [0.4, 0.5) is 0 Å². The molecule has 2 aliphatic rings. The Kier molecular flexibility index (Phi) is 7.63. The van der Waals surface area contributed by atoms with Gasteiger partial charge in [0.25, 0.3) is 0 Å². The second-order valence-electron chi connectivity index (χ2n) is 9.63. The van der Waals surface area contributed by atoms with E-state index in [2.05, 4.69) is 4.57 Å². The minimum atomic E-state index is -0.789. The number of ether oxygens (including phenoxy) is 3. The van der Waals surface area contributed by atoms with Crippen LogP contribution in [-0.2, 0) is 14.3 Å². The van der Waals surface area contributed by atoms with Crippen LogP contribution >= 0.6 is 11.6 Å². The lowest BCUT2D eigenvalue weighted by Crippen LogP contribution is -2.40. The smallest absolute Gasteiger partial charge is 0.306 e. The second kappa shape index (κ2) is 11.1. The number of amides is 1. The van der Waals surface area contributed by atoms with Gasteiger partial charge in [-0.15, -0.1) is 0 Å². The fourth-order valence-corrected chi connectivity index (χ4v) is 5.68. The number of carboxylic acids is 1. The Hall–Kier alpha value is -3.49. The Morgan fingerprint density at radius 2 is 1.84 bits per heavy atom. The lowest BCUT2D eigenvalue weighted by atomic mass is 9.96. The van der Waals surface area contributed by atoms with Gasteiger partial charge in [-0.3, -0.25) is 9.59 Å². The van der Waals surface area contributed by atoms with Crippen molar-refractivity contribution in [3.63, 3.8) is 0 Å². The van der Waals surface area contributed by atoms with Crippen LogP contribution in [0.15, 0.2) is 54.7 Å². The van der Waals surface area contributed by atoms with Gasteiger partial charge in [0.15, 0.2) is 11.5 Å². The Morgan fingerprint density at radius 3 is 2.55 bits per heavy atom. The molecule has 9 heteroatoms. The molecule has 3 aromatic rings. The number of nitrogens with zero attached hydrogens (tertiary/aromatic N) is 2. The number of carbonyl (C=O) groups excluding carboxylic acids is 1. The summed E-state index contributed by atoms with van der Waals surface area (Å²) in [6.07, 6.45) is 2.79. The minimum absolute atomic E-state index is 0.0101. The largest absolute Gasteiger partial charge is 0.493 e. The number of rotatable bonds is 7. The average molecular weight is 539 g/mol. The molecule has 0 spiro atoms. The topological polar surface area (TPSA) is 90.2 Å². The van der Waals surface area contributed by atoms with E-state index in [4.69, 9.17) is 25.8 Å². The zero-order chi connectivity index (χ0) is 26.8. The Balaban J connectivity index is 1.46. The second-order valence-corrected chi connectivity index (χ2v) is 10.1. The molecule has 1 amide bonds. The van der Waals surface area contributed by atoms with E-state index in [1.165, 1.54) is 0 Å². The third-order valence-corrected chi connectivity index (χ3v) is 7.71. The highest BCUT2D eigenvalue weighted by molar-refractivity contribution is 6.30. The van der Waals surface area contributed by atoms with Gasteiger partial charge in [0.1, 0.15) is 6.10 Å². The molecule has 200 valence electrons. The molecule has 3 heterocycles. The van der Waals surface area contributed by atoms with Crippen LogP contribution in [0.5, 0.6) is 11.5 Å². The molecule has 0 aliphatic carbocycles. The van der Waals surface area contributed by atoms with Crippen molar-refractivity contribution in [1.82, 2.24) is 9.47 Å². The summed E-state index contributed by atoms with van der Waals surface area (Å²) in [6, 6.07) is 15.4. The number of carbonyl (C=O) groups is 2. The van der Waals surface area contributed by atoms with Crippen molar-refractivity contribution >= 4 is 23.5 Å². The maximum absolute atomic E-state index is 13.1. The first-order valence-corrected chi connectivity index (χ1v) is 13.1. The number of aliphatic carboxylic acids is 1. The highest BCUT2D eigenvalue weighted by Gasteiger charge is 2.34. The fourth-order valence-electron chi connectivity index (χ4n) is 5.50. The zero-order valence-corrected chi connectivity index (χ0v) is 22.2. The van der Waals surface area contributed by atoms with E-state index in [-0.39, 0.29) is 18.2 Å². The van der Waals surface area contributed by atoms with Crippen molar-refractivity contribution in [3.8, 4) is 17.2 Å². The molecule has 2 aliphatic heterocycles. The Morgan fingerprint density at radius 1 is 1.05 bits per heavy atom. The van der Waals surface area contributed by atoms with E-state index in [0.29, 0.717) is 48.9 Å². The number of benzene rings is 2. The van der Waals surface area contributed by atoms with E-state index in [1.807, 2.05) is 54.7 Å². The lowest BCUT2D eigenvalue weighted by Gasteiger charge is -2.31. The van der Waals surface area contributed by atoms with Crippen molar-refractivity contribution in [1.29, 1.82) is 0 Å². The summed E-state index contributed by atoms with van der Waals surface area (Å²) in [5.74, 6) is 0.0156. The van der Waals surface area contributed by atoms with Gasteiger partial charge in [-0.2, -0.15) is 0 Å². The summed E-state index contributed by atoms with van der Waals surface area (Å²) in [5.41, 5.74) is 3.56. The Labute approximate surface area is 226 Å². The van der Waals surface area contributed by atoms with E-state index in [1.54, 1.807) is 19.1 Å². The van der Waals surface area contributed by atoms with Crippen molar-refractivity contribution in [2.75, 3.05) is 27.3 Å². The van der Waals surface area contributed by atoms with Gasteiger partial charge in [-0.05, 0) is 55.7 Å². The number of halogens is 1. The standard InChI is InChI=1S/C29H31ClN2O6/c1-36-25-7-3-5-20(28(25)37-2)27-21-17-19(30)8-9-22(21)32-14-4-6-23(32)24(38-27)10-11-26(33)31-15-12-18(13-16-31)29(34)35/h3-9,14,17-18,24,27H,10-13,15-16H2,1-2H3,(H,34,35)/t24-,27-/m1/s1. The number of hydrogen-bond donors (Lipinski definition) is 1. The molecule has 1 aromatic heterocycles. The molecule has 8 nitrogen and oxygen atoms in total. The number of aromatic nitrogens is 1. The van der Waals surface area contributed by atoms with Gasteiger partial charge < -0.3 is 28.8 Å². The van der Waals surface area contributed by atoms with Gasteiger partial charge >= 0.3 is 5.97 Å². The maximum Gasteiger partial charge on any atom is 0.306 e. The number of carboxylic acid groups (broad SMARTS) is 1. The summed E-state index contributed by atoms with van der Waals surface area (Å²) in [6.45, 7) is 0.927. The van der Waals surface area contributed by atoms with Gasteiger partial charge in [0.2, 0.25) is 5.91 Å². The molecule has 0 radical (unpaired) electrons. The van der Waals surface area contributed by atoms with Gasteiger partial charge in [-0.1, -0.05) is 23.7 Å². The van der Waals surface area contributed by atoms with Crippen LogP contribution in [0.1, 0.15) is 54.7 Å². The summed E-state index contributed by atoms with van der Waals surface area (Å²) < 4.78 is 20.2. The molecular formula is C29H31ClN2O6. The van der Waals surface area contributed by atoms with E-state index in [0.717, 1.165) is 22.5 Å². The predicted molar refractivity (Wildman–Crippen MR) is 142 cm³/mol. The van der Waals surface area contributed by atoms with Crippen molar-refractivity contribution in [3.05, 3.63) is 76.6 Å².